The molecule has 1 saturated heterocycles. The number of hydroxylamine groups is 1. The first-order valence-electron chi connectivity index (χ1n) is 7.43. The minimum Gasteiger partial charge on any atom is -0.497 e. The highest BCUT2D eigenvalue weighted by atomic mass is 32.2. The van der Waals surface area contributed by atoms with Gasteiger partial charge in [0.1, 0.15) is 11.8 Å². The van der Waals surface area contributed by atoms with Gasteiger partial charge in [0.2, 0.25) is 0 Å². The Morgan fingerprint density at radius 3 is 2.73 bits per heavy atom. The summed E-state index contributed by atoms with van der Waals surface area (Å²) < 4.78 is 4.92. The van der Waals surface area contributed by atoms with Crippen molar-refractivity contribution in [3.63, 3.8) is 0 Å². The van der Waals surface area contributed by atoms with Crippen molar-refractivity contribution in [3.05, 3.63) is 29.8 Å². The number of nitrogens with zero attached hydrogens (tertiary/aromatic N) is 1. The average molecular weight is 324 g/mol. The second-order valence-electron chi connectivity index (χ2n) is 6.00. The minimum absolute atomic E-state index is 0.254. The summed E-state index contributed by atoms with van der Waals surface area (Å²) in [6, 6.07) is 7.50. The van der Waals surface area contributed by atoms with Crippen molar-refractivity contribution in [2.45, 2.75) is 37.6 Å². The molecule has 22 heavy (non-hydrogen) atoms. The lowest BCUT2D eigenvalue weighted by atomic mass is 9.99. The van der Waals surface area contributed by atoms with Gasteiger partial charge in [-0.25, -0.2) is 5.48 Å². The molecule has 1 fully saturated rings. The van der Waals surface area contributed by atoms with E-state index in [1.165, 1.54) is 0 Å². The molecule has 1 atom stereocenters. The van der Waals surface area contributed by atoms with E-state index in [9.17, 15) is 4.79 Å². The Morgan fingerprint density at radius 1 is 1.45 bits per heavy atom. The molecule has 6 heteroatoms. The van der Waals surface area contributed by atoms with Crippen LogP contribution in [0.25, 0.3) is 0 Å². The van der Waals surface area contributed by atoms with Gasteiger partial charge in [-0.15, -0.1) is 0 Å². The summed E-state index contributed by atoms with van der Waals surface area (Å²) in [6.07, 6.45) is 1.03. The van der Waals surface area contributed by atoms with E-state index in [0.717, 1.165) is 30.0 Å². The fraction of sp³-hybridized carbons (Fsp3) is 0.562. The fourth-order valence-corrected chi connectivity index (χ4v) is 4.14. The van der Waals surface area contributed by atoms with Crippen molar-refractivity contribution in [1.82, 2.24) is 10.4 Å². The predicted molar refractivity (Wildman–Crippen MR) is 88.3 cm³/mol. The van der Waals surface area contributed by atoms with Crippen molar-refractivity contribution in [2.75, 3.05) is 19.4 Å². The Kier molecular flexibility index (Phi) is 5.72. The lowest BCUT2D eigenvalue weighted by molar-refractivity contribution is -0.136. The summed E-state index contributed by atoms with van der Waals surface area (Å²) in [5.41, 5.74) is 2.96. The number of benzene rings is 1. The zero-order valence-electron chi connectivity index (χ0n) is 13.3. The van der Waals surface area contributed by atoms with Crippen LogP contribution in [0.3, 0.4) is 0 Å². The third-order valence-electron chi connectivity index (χ3n) is 3.99. The number of ether oxygens (including phenoxy) is 1. The molecule has 0 unspecified atom stereocenters. The smallest absolute Gasteiger partial charge is 0.262 e. The summed E-state index contributed by atoms with van der Waals surface area (Å²) in [4.78, 5) is 14.3. The van der Waals surface area contributed by atoms with Gasteiger partial charge >= 0.3 is 0 Å². The molecular weight excluding hydrogens is 300 g/mol. The molecule has 1 aliphatic rings. The average Bonchev–Trinajstić information content (AvgIpc) is 2.65. The molecule has 1 aromatic rings. The normalized spacial score (nSPS) is 21.9. The minimum atomic E-state index is -0.368. The van der Waals surface area contributed by atoms with Gasteiger partial charge in [0.05, 0.1) is 7.11 Å². The van der Waals surface area contributed by atoms with E-state index in [1.807, 2.05) is 29.7 Å². The maximum absolute atomic E-state index is 12.2. The summed E-state index contributed by atoms with van der Waals surface area (Å²) in [6.45, 7) is 5.63. The number of rotatable bonds is 4. The van der Waals surface area contributed by atoms with E-state index in [0.29, 0.717) is 6.54 Å². The summed E-state index contributed by atoms with van der Waals surface area (Å²) in [5.74, 6) is 1.49. The molecule has 0 radical (unpaired) electrons. The highest BCUT2D eigenvalue weighted by Gasteiger charge is 2.41. The van der Waals surface area contributed by atoms with Crippen LogP contribution in [-0.2, 0) is 11.3 Å². The quantitative estimate of drug-likeness (QED) is 0.657. The van der Waals surface area contributed by atoms with Gasteiger partial charge in [-0.05, 0) is 43.7 Å². The first kappa shape index (κ1) is 17.1. The van der Waals surface area contributed by atoms with Crippen molar-refractivity contribution in [3.8, 4) is 5.75 Å². The Bertz CT molecular complexity index is 505. The molecule has 1 amide bonds. The monoisotopic (exact) mass is 324 g/mol. The van der Waals surface area contributed by atoms with Gasteiger partial charge in [-0.1, -0.05) is 12.1 Å². The van der Waals surface area contributed by atoms with E-state index in [2.05, 4.69) is 18.7 Å². The van der Waals surface area contributed by atoms with Crippen LogP contribution in [0.5, 0.6) is 5.75 Å². The summed E-state index contributed by atoms with van der Waals surface area (Å²) in [5, 5.41) is 9.11. The number of methoxy groups -OCH3 is 1. The number of hydrogen-bond acceptors (Lipinski definition) is 5. The lowest BCUT2D eigenvalue weighted by Crippen LogP contribution is -2.55. The molecule has 5 nitrogen and oxygen atoms in total. The van der Waals surface area contributed by atoms with E-state index < -0.39 is 0 Å². The molecule has 0 spiro atoms. The molecule has 0 saturated carbocycles. The molecule has 2 N–H and O–H groups in total. The summed E-state index contributed by atoms with van der Waals surface area (Å²) >= 11 is 1.78. The number of carbonyl (C=O) groups is 1. The van der Waals surface area contributed by atoms with Crippen LogP contribution in [0.1, 0.15) is 25.8 Å². The molecule has 2 rings (SSSR count). The summed E-state index contributed by atoms with van der Waals surface area (Å²) in [7, 11) is 1.64. The van der Waals surface area contributed by atoms with Crippen molar-refractivity contribution in [2.24, 2.45) is 0 Å². The first-order valence-corrected chi connectivity index (χ1v) is 8.41. The van der Waals surface area contributed by atoms with E-state index >= 15 is 0 Å². The number of amides is 1. The van der Waals surface area contributed by atoms with E-state index in [4.69, 9.17) is 9.94 Å². The second kappa shape index (κ2) is 7.35. The van der Waals surface area contributed by atoms with Crippen molar-refractivity contribution < 1.29 is 14.7 Å². The van der Waals surface area contributed by atoms with E-state index in [1.54, 1.807) is 18.9 Å². The van der Waals surface area contributed by atoms with Crippen molar-refractivity contribution >= 4 is 17.7 Å². The zero-order chi connectivity index (χ0) is 16.2. The lowest BCUT2D eigenvalue weighted by Gasteiger charge is -2.37. The Morgan fingerprint density at radius 2 is 2.14 bits per heavy atom. The maximum Gasteiger partial charge on any atom is 0.262 e. The number of nitrogens with one attached hydrogen (secondary N) is 1. The molecule has 0 aromatic heterocycles. The van der Waals surface area contributed by atoms with Crippen LogP contribution in [0.15, 0.2) is 24.3 Å². The first-order chi connectivity index (χ1) is 10.5. The van der Waals surface area contributed by atoms with Crippen LogP contribution < -0.4 is 10.2 Å². The van der Waals surface area contributed by atoms with Gasteiger partial charge in [-0.2, -0.15) is 11.8 Å². The Labute approximate surface area is 136 Å². The van der Waals surface area contributed by atoms with Gasteiger partial charge in [0.25, 0.3) is 5.91 Å². The highest BCUT2D eigenvalue weighted by Crippen LogP contribution is 2.35. The molecule has 0 aliphatic carbocycles. The van der Waals surface area contributed by atoms with Gasteiger partial charge in [0, 0.05) is 17.8 Å². The van der Waals surface area contributed by atoms with Crippen molar-refractivity contribution in [1.29, 1.82) is 0 Å². The van der Waals surface area contributed by atoms with Crippen LogP contribution >= 0.6 is 11.8 Å². The van der Waals surface area contributed by atoms with Crippen LogP contribution in [0, 0.1) is 0 Å². The third-order valence-corrected chi connectivity index (χ3v) is 5.45. The third kappa shape index (κ3) is 3.94. The van der Waals surface area contributed by atoms with E-state index in [-0.39, 0.29) is 16.7 Å². The van der Waals surface area contributed by atoms with Gasteiger partial charge < -0.3 is 4.74 Å². The fourth-order valence-electron chi connectivity index (χ4n) is 2.93. The highest BCUT2D eigenvalue weighted by molar-refractivity contribution is 8.00. The maximum atomic E-state index is 12.2. The molecule has 0 bridgehead atoms. The number of thioether (sulfide) groups is 1. The SMILES string of the molecule is COc1ccc(CN2CCCSC(C)(C)[C@@H]2C(=O)NO)cc1. The van der Waals surface area contributed by atoms with Crippen LogP contribution in [0.4, 0.5) is 0 Å². The standard InChI is InChI=1S/C16H24N2O3S/c1-16(2)14(15(19)17-20)18(9-4-10-22-16)11-12-5-7-13(21-3)8-6-12/h5-8,14,20H,4,9-11H2,1-3H3,(H,17,19)/t14-/m0/s1. The van der Waals surface area contributed by atoms with Crippen LogP contribution in [-0.4, -0.2) is 46.2 Å². The number of carbonyl (C=O) groups excluding carboxylic acids is 1. The van der Waals surface area contributed by atoms with Gasteiger partial charge in [0.15, 0.2) is 0 Å². The molecule has 1 aliphatic heterocycles. The molecule has 1 heterocycles. The second-order valence-corrected chi connectivity index (χ2v) is 7.75. The van der Waals surface area contributed by atoms with Crippen LogP contribution in [0.2, 0.25) is 0 Å². The molecule has 122 valence electrons. The zero-order valence-corrected chi connectivity index (χ0v) is 14.2. The Balaban J connectivity index is 2.21. The molecular formula is C16H24N2O3S. The largest absolute Gasteiger partial charge is 0.497 e. The number of hydrogen-bond donors (Lipinski definition) is 2. The van der Waals surface area contributed by atoms with Gasteiger partial charge in [-0.3, -0.25) is 14.9 Å². The Hall–Kier alpha value is -1.24. The molecule has 1 aromatic carbocycles. The topological polar surface area (TPSA) is 61.8 Å². The predicted octanol–water partition coefficient (Wildman–Crippen LogP) is 2.29.